The molecule has 5 heterocycles. The number of imidazole rings is 1. The Morgan fingerprint density at radius 1 is 1.03 bits per heavy atom. The zero-order chi connectivity index (χ0) is 27.1. The van der Waals surface area contributed by atoms with Crippen LogP contribution >= 0.6 is 0 Å². The molecule has 6 rings (SSSR count). The Morgan fingerprint density at radius 3 is 2.46 bits per heavy atom. The molecular weight excluding hydrogens is 492 g/mol. The zero-order valence-electron chi connectivity index (χ0n) is 23.3. The van der Waals surface area contributed by atoms with Gasteiger partial charge in [0.15, 0.2) is 5.65 Å². The van der Waals surface area contributed by atoms with Crippen molar-refractivity contribution in [1.82, 2.24) is 29.2 Å². The summed E-state index contributed by atoms with van der Waals surface area (Å²) in [5.41, 5.74) is 5.04. The fraction of sp³-hybridized carbons (Fsp3) is 0.533. The minimum Gasteiger partial charge on any atom is -0.381 e. The van der Waals surface area contributed by atoms with Gasteiger partial charge in [0.25, 0.3) is 0 Å². The Morgan fingerprint density at radius 2 is 1.79 bits per heavy atom. The maximum Gasteiger partial charge on any atom is 0.330 e. The van der Waals surface area contributed by atoms with Gasteiger partial charge in [-0.25, -0.2) is 4.79 Å². The maximum atomic E-state index is 12.9. The molecule has 9 heteroatoms. The predicted octanol–water partition coefficient (Wildman–Crippen LogP) is 4.36. The molecule has 1 atom stereocenters. The van der Waals surface area contributed by atoms with Crippen molar-refractivity contribution >= 4 is 22.1 Å². The number of ether oxygens (including phenoxy) is 2. The van der Waals surface area contributed by atoms with E-state index in [1.165, 1.54) is 12.8 Å². The molecule has 2 fully saturated rings. The highest BCUT2D eigenvalue weighted by Gasteiger charge is 2.31. The Kier molecular flexibility index (Phi) is 7.22. The highest BCUT2D eigenvalue weighted by atomic mass is 16.5. The van der Waals surface area contributed by atoms with Crippen LogP contribution < -0.4 is 5.69 Å². The van der Waals surface area contributed by atoms with E-state index in [4.69, 9.17) is 14.5 Å². The van der Waals surface area contributed by atoms with E-state index in [2.05, 4.69) is 34.2 Å². The molecule has 0 spiro atoms. The molecule has 2 saturated heterocycles. The van der Waals surface area contributed by atoms with Crippen LogP contribution in [0.3, 0.4) is 0 Å². The summed E-state index contributed by atoms with van der Waals surface area (Å²) in [4.78, 5) is 20.1. The van der Waals surface area contributed by atoms with Crippen LogP contribution in [0.15, 0.2) is 41.3 Å². The molecule has 1 aromatic carbocycles. The summed E-state index contributed by atoms with van der Waals surface area (Å²) in [6, 6.07) is 10.2. The van der Waals surface area contributed by atoms with Crippen molar-refractivity contribution in [2.75, 3.05) is 39.5 Å². The van der Waals surface area contributed by atoms with Crippen LogP contribution in [-0.4, -0.2) is 68.7 Å². The first-order valence-corrected chi connectivity index (χ1v) is 14.2. The van der Waals surface area contributed by atoms with Crippen LogP contribution in [0.4, 0.5) is 0 Å². The number of piperidine rings is 1. The third kappa shape index (κ3) is 4.99. The summed E-state index contributed by atoms with van der Waals surface area (Å²) >= 11 is 0. The van der Waals surface area contributed by atoms with E-state index in [0.29, 0.717) is 12.3 Å². The molecule has 0 saturated carbocycles. The van der Waals surface area contributed by atoms with Crippen LogP contribution in [0.2, 0.25) is 0 Å². The number of aryl methyl sites for hydroxylation is 1. The van der Waals surface area contributed by atoms with Crippen LogP contribution in [0.1, 0.15) is 51.5 Å². The molecule has 206 valence electrons. The monoisotopic (exact) mass is 530 g/mol. The highest BCUT2D eigenvalue weighted by molar-refractivity contribution is 6.02. The second-order valence-corrected chi connectivity index (χ2v) is 11.4. The third-order valence-electron chi connectivity index (χ3n) is 8.56. The molecule has 0 unspecified atom stereocenters. The van der Waals surface area contributed by atoms with Crippen LogP contribution in [0, 0.1) is 11.8 Å². The van der Waals surface area contributed by atoms with Crippen molar-refractivity contribution in [1.29, 1.82) is 0 Å². The lowest BCUT2D eigenvalue weighted by atomic mass is 9.83. The average molecular weight is 531 g/mol. The van der Waals surface area contributed by atoms with Crippen molar-refractivity contribution in [3.63, 3.8) is 0 Å². The summed E-state index contributed by atoms with van der Waals surface area (Å²) in [6.07, 6.45) is 4.39. The Labute approximate surface area is 228 Å². The predicted molar refractivity (Wildman–Crippen MR) is 152 cm³/mol. The molecule has 0 bridgehead atoms. The number of hydrogen-bond donors (Lipinski definition) is 0. The van der Waals surface area contributed by atoms with Gasteiger partial charge in [-0.1, -0.05) is 12.1 Å². The lowest BCUT2D eigenvalue weighted by molar-refractivity contribution is -0.0735. The second-order valence-electron chi connectivity index (χ2n) is 11.4. The van der Waals surface area contributed by atoms with Crippen LogP contribution in [-0.2, 0) is 16.5 Å². The quantitative estimate of drug-likeness (QED) is 0.334. The highest BCUT2D eigenvalue weighted by Crippen LogP contribution is 2.31. The van der Waals surface area contributed by atoms with Crippen LogP contribution in [0.5, 0.6) is 0 Å². The fourth-order valence-corrected chi connectivity index (χ4v) is 5.99. The molecule has 0 aliphatic carbocycles. The van der Waals surface area contributed by atoms with E-state index in [1.54, 1.807) is 16.2 Å². The number of benzene rings is 1. The normalized spacial score (nSPS) is 18.3. The molecule has 2 aliphatic heterocycles. The van der Waals surface area contributed by atoms with Gasteiger partial charge in [-0.15, -0.1) is 10.2 Å². The number of hydrogen-bond acceptors (Lipinski definition) is 7. The molecule has 4 aromatic rings. The van der Waals surface area contributed by atoms with E-state index in [-0.39, 0.29) is 17.8 Å². The number of pyridine rings is 1. The van der Waals surface area contributed by atoms with Gasteiger partial charge in [-0.3, -0.25) is 14.1 Å². The minimum absolute atomic E-state index is 0.00829. The van der Waals surface area contributed by atoms with Gasteiger partial charge in [-0.05, 0) is 76.4 Å². The van der Waals surface area contributed by atoms with Crippen molar-refractivity contribution in [2.45, 2.75) is 45.8 Å². The van der Waals surface area contributed by atoms with E-state index in [9.17, 15) is 4.79 Å². The fourth-order valence-electron chi connectivity index (χ4n) is 5.99. The SMILES string of the molecule is CC(C)n1c(=O)n(C)c2nnc3ccc(-c4ccc([C@@H](C)OCCN5CCC(C6COC6)CC5)nc4)cc3c21. The largest absolute Gasteiger partial charge is 0.381 e. The van der Waals surface area contributed by atoms with Gasteiger partial charge in [-0.2, -0.15) is 0 Å². The van der Waals surface area contributed by atoms with E-state index in [0.717, 1.165) is 77.9 Å². The second kappa shape index (κ2) is 10.8. The Bertz CT molecular complexity index is 1510. The van der Waals surface area contributed by atoms with E-state index < -0.39 is 0 Å². The van der Waals surface area contributed by atoms with Gasteiger partial charge in [0.2, 0.25) is 0 Å². The van der Waals surface area contributed by atoms with E-state index >= 15 is 0 Å². The molecule has 0 amide bonds. The topological polar surface area (TPSA) is 87.3 Å². The number of rotatable bonds is 8. The van der Waals surface area contributed by atoms with Crippen molar-refractivity contribution in [2.24, 2.45) is 18.9 Å². The van der Waals surface area contributed by atoms with Crippen molar-refractivity contribution in [3.05, 3.63) is 52.7 Å². The number of likely N-dealkylation sites (tertiary alicyclic amines) is 1. The molecule has 3 aromatic heterocycles. The van der Waals surface area contributed by atoms with Gasteiger partial charge >= 0.3 is 5.69 Å². The van der Waals surface area contributed by atoms with Crippen LogP contribution in [0.25, 0.3) is 33.2 Å². The standard InChI is InChI=1S/C30H38N6O3/c1-19(2)36-28-25-15-22(5-8-27(25)32-33-29(28)34(4)30(36)37)23-6-7-26(31-16-23)20(3)39-14-13-35-11-9-21(10-12-35)24-17-38-18-24/h5-8,15-16,19-21,24H,9-14,17-18H2,1-4H3/t20-/m1/s1. The summed E-state index contributed by atoms with van der Waals surface area (Å²) < 4.78 is 14.9. The lowest BCUT2D eigenvalue weighted by Crippen LogP contribution is -2.42. The first kappa shape index (κ1) is 26.1. The van der Waals surface area contributed by atoms with Gasteiger partial charge in [0.05, 0.1) is 37.1 Å². The number of fused-ring (bicyclic) bond motifs is 3. The van der Waals surface area contributed by atoms with Gasteiger partial charge in [0, 0.05) is 42.7 Å². The first-order valence-electron chi connectivity index (χ1n) is 14.2. The zero-order valence-corrected chi connectivity index (χ0v) is 23.3. The third-order valence-corrected chi connectivity index (χ3v) is 8.56. The molecule has 0 radical (unpaired) electrons. The summed E-state index contributed by atoms with van der Waals surface area (Å²) in [6.45, 7) is 12.0. The number of aromatic nitrogens is 5. The van der Waals surface area contributed by atoms with Gasteiger partial charge in [0.1, 0.15) is 5.52 Å². The molecule has 39 heavy (non-hydrogen) atoms. The molecule has 0 N–H and O–H groups in total. The first-order chi connectivity index (χ1) is 18.9. The maximum absolute atomic E-state index is 12.9. The summed E-state index contributed by atoms with van der Waals surface area (Å²) in [7, 11) is 1.74. The molecular formula is C30H38N6O3. The summed E-state index contributed by atoms with van der Waals surface area (Å²) in [5, 5.41) is 9.62. The minimum atomic E-state index is -0.0829. The Hall–Kier alpha value is -3.14. The molecule has 2 aliphatic rings. The van der Waals surface area contributed by atoms with Gasteiger partial charge < -0.3 is 14.4 Å². The smallest absolute Gasteiger partial charge is 0.330 e. The Balaban J connectivity index is 1.13. The number of nitrogens with zero attached hydrogens (tertiary/aromatic N) is 6. The molecule has 9 nitrogen and oxygen atoms in total. The lowest BCUT2D eigenvalue weighted by Gasteiger charge is -2.39. The average Bonchev–Trinajstić information content (AvgIpc) is 3.18. The van der Waals surface area contributed by atoms with E-state index in [1.807, 2.05) is 38.2 Å². The van der Waals surface area contributed by atoms with Crippen molar-refractivity contribution in [3.8, 4) is 11.1 Å². The van der Waals surface area contributed by atoms with Crippen molar-refractivity contribution < 1.29 is 9.47 Å². The summed E-state index contributed by atoms with van der Waals surface area (Å²) in [5.74, 6) is 1.63.